The summed E-state index contributed by atoms with van der Waals surface area (Å²) in [6.45, 7) is 0. The molecule has 0 aliphatic heterocycles. The Labute approximate surface area is 262 Å². The Morgan fingerprint density at radius 3 is 1.13 bits per heavy atom. The summed E-state index contributed by atoms with van der Waals surface area (Å²) in [5.74, 6) is -0.378. The van der Waals surface area contributed by atoms with Gasteiger partial charge < -0.3 is 21.3 Å². The molecule has 0 aromatic heterocycles. The maximum atomic E-state index is 13.2. The number of benzene rings is 6. The summed E-state index contributed by atoms with van der Waals surface area (Å²) >= 11 is 0. The van der Waals surface area contributed by atoms with E-state index >= 15 is 0 Å². The summed E-state index contributed by atoms with van der Waals surface area (Å²) in [6, 6.07) is 50.0. The molecular weight excluding hydrogens is 556 g/mol. The van der Waals surface area contributed by atoms with Crippen molar-refractivity contribution < 1.29 is 9.59 Å². The zero-order valence-corrected chi connectivity index (χ0v) is 24.5. The largest absolute Gasteiger partial charge is 0.354 e. The number of para-hydroxylation sites is 2. The van der Waals surface area contributed by atoms with Crippen LogP contribution in [0.25, 0.3) is 0 Å². The number of carbonyl (C=O) groups excluding carboxylic acids is 2. The van der Waals surface area contributed by atoms with Crippen molar-refractivity contribution in [2.75, 3.05) is 21.3 Å². The van der Waals surface area contributed by atoms with Gasteiger partial charge in [0.05, 0.1) is 22.7 Å². The Morgan fingerprint density at radius 2 is 0.756 bits per heavy atom. The van der Waals surface area contributed by atoms with E-state index in [0.717, 1.165) is 33.9 Å². The van der Waals surface area contributed by atoms with Gasteiger partial charge >= 0.3 is 0 Å². The van der Waals surface area contributed by atoms with E-state index in [1.165, 1.54) is 0 Å². The van der Waals surface area contributed by atoms with Gasteiger partial charge in [-0.05, 0) is 90.3 Å². The van der Waals surface area contributed by atoms with Crippen LogP contribution in [0.3, 0.4) is 0 Å². The maximum absolute atomic E-state index is 13.2. The lowest BCUT2D eigenvalue weighted by molar-refractivity contribution is 0.101. The van der Waals surface area contributed by atoms with Gasteiger partial charge in [-0.3, -0.25) is 9.59 Å². The van der Waals surface area contributed by atoms with Gasteiger partial charge in [0, 0.05) is 22.5 Å². The fraction of sp³-hybridized carbons (Fsp3) is 0.0256. The van der Waals surface area contributed by atoms with Gasteiger partial charge in [0.1, 0.15) is 0 Å². The molecule has 6 nitrogen and oxygen atoms in total. The van der Waals surface area contributed by atoms with E-state index in [4.69, 9.17) is 0 Å². The van der Waals surface area contributed by atoms with Crippen molar-refractivity contribution >= 4 is 45.9 Å². The minimum atomic E-state index is -0.189. The zero-order valence-electron chi connectivity index (χ0n) is 24.5. The lowest BCUT2D eigenvalue weighted by Gasteiger charge is -2.17. The number of carbonyl (C=O) groups is 2. The molecule has 0 saturated heterocycles. The van der Waals surface area contributed by atoms with Crippen molar-refractivity contribution in [3.05, 3.63) is 180 Å². The number of hydrogen-bond acceptors (Lipinski definition) is 4. The second kappa shape index (κ2) is 13.9. The van der Waals surface area contributed by atoms with Crippen LogP contribution in [-0.4, -0.2) is 11.8 Å². The Hall–Kier alpha value is -6.14. The molecule has 6 heteroatoms. The van der Waals surface area contributed by atoms with Gasteiger partial charge in [-0.15, -0.1) is 0 Å². The van der Waals surface area contributed by atoms with Gasteiger partial charge in [0.25, 0.3) is 11.8 Å². The number of nitrogens with one attached hydrogen (secondary N) is 4. The highest BCUT2D eigenvalue weighted by molar-refractivity contribution is 6.07. The number of hydrogen-bond donors (Lipinski definition) is 4. The van der Waals surface area contributed by atoms with Crippen molar-refractivity contribution in [2.24, 2.45) is 0 Å². The van der Waals surface area contributed by atoms with Crippen LogP contribution in [0.15, 0.2) is 158 Å². The second-order valence-corrected chi connectivity index (χ2v) is 10.6. The smallest absolute Gasteiger partial charge is 0.255 e. The van der Waals surface area contributed by atoms with Crippen LogP contribution in [0, 0.1) is 0 Å². The van der Waals surface area contributed by atoms with Gasteiger partial charge in [-0.1, -0.05) is 84.9 Å². The van der Waals surface area contributed by atoms with Crippen LogP contribution in [-0.2, 0) is 6.42 Å². The van der Waals surface area contributed by atoms with Gasteiger partial charge in [0.2, 0.25) is 0 Å². The van der Waals surface area contributed by atoms with E-state index < -0.39 is 0 Å². The lowest BCUT2D eigenvalue weighted by Crippen LogP contribution is -2.14. The van der Waals surface area contributed by atoms with Gasteiger partial charge in [0.15, 0.2) is 0 Å². The molecule has 0 radical (unpaired) electrons. The third kappa shape index (κ3) is 7.63. The molecular formula is C39H32N4O2. The monoisotopic (exact) mass is 588 g/mol. The highest BCUT2D eigenvalue weighted by Crippen LogP contribution is 2.31. The lowest BCUT2D eigenvalue weighted by atomic mass is 10.0. The van der Waals surface area contributed by atoms with Crippen LogP contribution >= 0.6 is 0 Å². The molecule has 0 unspecified atom stereocenters. The first kappa shape index (κ1) is 29.0. The Bertz CT molecular complexity index is 1750. The minimum absolute atomic E-state index is 0.189. The molecule has 0 heterocycles. The second-order valence-electron chi connectivity index (χ2n) is 10.6. The third-order valence-electron chi connectivity index (χ3n) is 7.25. The quantitative estimate of drug-likeness (QED) is 0.129. The predicted octanol–water partition coefficient (Wildman–Crippen LogP) is 9.27. The van der Waals surface area contributed by atoms with E-state index in [1.807, 2.05) is 133 Å². The maximum Gasteiger partial charge on any atom is 0.255 e. The van der Waals surface area contributed by atoms with Crippen molar-refractivity contribution in [1.82, 2.24) is 0 Å². The number of amides is 2. The molecule has 6 aromatic rings. The third-order valence-corrected chi connectivity index (χ3v) is 7.25. The number of anilines is 6. The normalized spacial score (nSPS) is 10.5. The summed E-state index contributed by atoms with van der Waals surface area (Å²) in [5, 5.41) is 13.0. The molecule has 6 aromatic carbocycles. The Kier molecular flexibility index (Phi) is 8.94. The average Bonchev–Trinajstić information content (AvgIpc) is 3.09. The van der Waals surface area contributed by atoms with E-state index in [2.05, 4.69) is 21.3 Å². The molecule has 0 saturated carbocycles. The van der Waals surface area contributed by atoms with Crippen molar-refractivity contribution in [1.29, 1.82) is 0 Å². The molecule has 220 valence electrons. The van der Waals surface area contributed by atoms with Crippen LogP contribution in [0.2, 0.25) is 0 Å². The van der Waals surface area contributed by atoms with Crippen molar-refractivity contribution in [2.45, 2.75) is 6.42 Å². The zero-order chi connectivity index (χ0) is 30.8. The summed E-state index contributed by atoms with van der Waals surface area (Å²) in [5.41, 5.74) is 7.90. The molecule has 4 N–H and O–H groups in total. The van der Waals surface area contributed by atoms with E-state index in [1.54, 1.807) is 24.3 Å². The first-order chi connectivity index (χ1) is 22.1. The first-order valence-corrected chi connectivity index (χ1v) is 14.7. The molecule has 0 atom stereocenters. The van der Waals surface area contributed by atoms with Gasteiger partial charge in [-0.2, -0.15) is 0 Å². The van der Waals surface area contributed by atoms with Crippen LogP contribution < -0.4 is 21.3 Å². The molecule has 0 aliphatic rings. The summed E-state index contributed by atoms with van der Waals surface area (Å²) < 4.78 is 0. The topological polar surface area (TPSA) is 82.3 Å². The number of rotatable bonds is 10. The van der Waals surface area contributed by atoms with E-state index in [0.29, 0.717) is 28.9 Å². The molecule has 0 bridgehead atoms. The summed E-state index contributed by atoms with van der Waals surface area (Å²) in [6.07, 6.45) is 0.583. The van der Waals surface area contributed by atoms with Crippen molar-refractivity contribution in [3.8, 4) is 0 Å². The highest BCUT2D eigenvalue weighted by Gasteiger charge is 2.14. The van der Waals surface area contributed by atoms with Gasteiger partial charge in [-0.25, -0.2) is 0 Å². The standard InChI is InChI=1S/C39H32N4O2/c44-38(30-13-5-1-6-14-30)42-36-26-28(21-23-34(36)40-32-17-9-3-10-18-32)25-29-22-24-35(41-33-19-11-4-12-20-33)37(27-29)43-39(45)31-15-7-2-8-16-31/h1-24,26-27,40-41H,25H2,(H,42,44)(H,43,45). The fourth-order valence-electron chi connectivity index (χ4n) is 4.99. The minimum Gasteiger partial charge on any atom is -0.354 e. The first-order valence-electron chi connectivity index (χ1n) is 14.7. The Balaban J connectivity index is 1.30. The predicted molar refractivity (Wildman–Crippen MR) is 184 cm³/mol. The molecule has 0 fully saturated rings. The average molecular weight is 589 g/mol. The highest BCUT2D eigenvalue weighted by atomic mass is 16.2. The summed E-state index contributed by atoms with van der Waals surface area (Å²) in [7, 11) is 0. The van der Waals surface area contributed by atoms with Crippen molar-refractivity contribution in [3.63, 3.8) is 0 Å². The molecule has 45 heavy (non-hydrogen) atoms. The fourth-order valence-corrected chi connectivity index (χ4v) is 4.99. The van der Waals surface area contributed by atoms with E-state index in [9.17, 15) is 9.59 Å². The summed E-state index contributed by atoms with van der Waals surface area (Å²) in [4.78, 5) is 26.3. The van der Waals surface area contributed by atoms with Crippen LogP contribution in [0.1, 0.15) is 31.8 Å². The molecule has 0 aliphatic carbocycles. The SMILES string of the molecule is O=C(Nc1cc(Cc2ccc(Nc3ccccc3)c(NC(=O)c3ccccc3)c2)ccc1Nc1ccccc1)c1ccccc1. The Morgan fingerprint density at radius 1 is 0.400 bits per heavy atom. The molecule has 6 rings (SSSR count). The van der Waals surface area contributed by atoms with Crippen LogP contribution in [0.4, 0.5) is 34.1 Å². The van der Waals surface area contributed by atoms with Crippen LogP contribution in [0.5, 0.6) is 0 Å². The van der Waals surface area contributed by atoms with E-state index in [-0.39, 0.29) is 11.8 Å². The molecule has 0 spiro atoms. The molecule has 2 amide bonds.